The molecule has 0 N–H and O–H groups in total. The van der Waals surface area contributed by atoms with E-state index in [2.05, 4.69) is 4.98 Å². The second-order valence-corrected chi connectivity index (χ2v) is 4.32. The second-order valence-electron chi connectivity index (χ2n) is 4.32. The third-order valence-electron chi connectivity index (χ3n) is 2.65. The van der Waals surface area contributed by atoms with E-state index >= 15 is 0 Å². The van der Waals surface area contributed by atoms with Gasteiger partial charge in [-0.15, -0.1) is 0 Å². The molecule has 1 aromatic carbocycles. The van der Waals surface area contributed by atoms with Crippen molar-refractivity contribution in [3.8, 4) is 11.1 Å². The zero-order valence-electron chi connectivity index (χ0n) is 10.1. The normalized spacial score (nSPS) is 10.5. The second kappa shape index (κ2) is 4.91. The maximum atomic E-state index is 11.7. The lowest BCUT2D eigenvalue weighted by Crippen LogP contribution is -2.09. The minimum Gasteiger partial charge on any atom is -0.292 e. The quantitative estimate of drug-likeness (QED) is 0.747. The average Bonchev–Trinajstić information content (AvgIpc) is 2.39. The van der Waals surface area contributed by atoms with E-state index in [1.165, 1.54) is 0 Å². The first kappa shape index (κ1) is 11.5. The molecule has 17 heavy (non-hydrogen) atoms. The molecule has 0 saturated heterocycles. The zero-order chi connectivity index (χ0) is 12.3. The largest absolute Gasteiger partial charge is 0.292 e. The molecule has 0 aliphatic rings. The van der Waals surface area contributed by atoms with Crippen LogP contribution in [0.3, 0.4) is 0 Å². The molecule has 0 bridgehead atoms. The van der Waals surface area contributed by atoms with Gasteiger partial charge in [-0.25, -0.2) is 0 Å². The zero-order valence-corrected chi connectivity index (χ0v) is 10.1. The van der Waals surface area contributed by atoms with Crippen LogP contribution in [0.1, 0.15) is 24.3 Å². The van der Waals surface area contributed by atoms with Crippen LogP contribution in [-0.4, -0.2) is 10.8 Å². The number of carbonyl (C=O) groups is 1. The number of hydrogen-bond donors (Lipinski definition) is 0. The summed E-state index contributed by atoms with van der Waals surface area (Å²) in [5, 5.41) is 0. The average molecular weight is 225 g/mol. The van der Waals surface area contributed by atoms with Crippen LogP contribution in [0.2, 0.25) is 0 Å². The summed E-state index contributed by atoms with van der Waals surface area (Å²) in [6, 6.07) is 13.8. The fourth-order valence-corrected chi connectivity index (χ4v) is 1.64. The van der Waals surface area contributed by atoms with E-state index in [9.17, 15) is 4.79 Å². The summed E-state index contributed by atoms with van der Waals surface area (Å²) >= 11 is 0. The standard InChI is InChI=1S/C15H15NO/c1-11(2)15(17)14-9-8-13(10-16-14)12-6-4-3-5-7-12/h3-11H,1-2H3. The fraction of sp³-hybridized carbons (Fsp3) is 0.200. The molecule has 0 saturated carbocycles. The summed E-state index contributed by atoms with van der Waals surface area (Å²) in [7, 11) is 0. The Bertz CT molecular complexity index is 500. The van der Waals surface area contributed by atoms with E-state index in [-0.39, 0.29) is 11.7 Å². The molecule has 0 radical (unpaired) electrons. The predicted octanol–water partition coefficient (Wildman–Crippen LogP) is 3.59. The number of rotatable bonds is 3. The van der Waals surface area contributed by atoms with Crippen molar-refractivity contribution in [2.75, 3.05) is 0 Å². The van der Waals surface area contributed by atoms with Gasteiger partial charge in [0.15, 0.2) is 5.78 Å². The number of aromatic nitrogens is 1. The van der Waals surface area contributed by atoms with Crippen LogP contribution in [0.5, 0.6) is 0 Å². The molecule has 2 rings (SSSR count). The number of nitrogens with zero attached hydrogens (tertiary/aromatic N) is 1. The van der Waals surface area contributed by atoms with Gasteiger partial charge in [0, 0.05) is 17.7 Å². The van der Waals surface area contributed by atoms with Crippen LogP contribution < -0.4 is 0 Å². The molecule has 0 fully saturated rings. The molecule has 86 valence electrons. The molecule has 0 amide bonds. The van der Waals surface area contributed by atoms with Gasteiger partial charge in [-0.05, 0) is 11.6 Å². The Morgan fingerprint density at radius 1 is 1.00 bits per heavy atom. The Morgan fingerprint density at radius 3 is 2.24 bits per heavy atom. The molecule has 0 aliphatic heterocycles. The van der Waals surface area contributed by atoms with Crippen molar-refractivity contribution >= 4 is 5.78 Å². The highest BCUT2D eigenvalue weighted by atomic mass is 16.1. The summed E-state index contributed by atoms with van der Waals surface area (Å²) in [6.07, 6.45) is 1.75. The lowest BCUT2D eigenvalue weighted by molar-refractivity contribution is 0.0934. The summed E-state index contributed by atoms with van der Waals surface area (Å²) in [6.45, 7) is 3.77. The van der Waals surface area contributed by atoms with Crippen molar-refractivity contribution in [1.29, 1.82) is 0 Å². The Labute approximate surface area is 101 Å². The van der Waals surface area contributed by atoms with E-state index in [0.29, 0.717) is 5.69 Å². The van der Waals surface area contributed by atoms with Crippen molar-refractivity contribution in [1.82, 2.24) is 4.98 Å². The highest BCUT2D eigenvalue weighted by Gasteiger charge is 2.11. The van der Waals surface area contributed by atoms with Gasteiger partial charge in [0.25, 0.3) is 0 Å². The number of benzene rings is 1. The number of pyridine rings is 1. The number of Topliss-reactive ketones (excluding diaryl/α,β-unsaturated/α-hetero) is 1. The van der Waals surface area contributed by atoms with Gasteiger partial charge in [-0.1, -0.05) is 50.2 Å². The summed E-state index contributed by atoms with van der Waals surface area (Å²) in [4.78, 5) is 16.0. The van der Waals surface area contributed by atoms with Crippen LogP contribution >= 0.6 is 0 Å². The molecule has 0 atom stereocenters. The predicted molar refractivity (Wildman–Crippen MR) is 68.8 cm³/mol. The molecule has 1 heterocycles. The van der Waals surface area contributed by atoms with Crippen molar-refractivity contribution in [3.05, 3.63) is 54.4 Å². The molecule has 1 aromatic heterocycles. The van der Waals surface area contributed by atoms with Gasteiger partial charge in [0.2, 0.25) is 0 Å². The van der Waals surface area contributed by atoms with Gasteiger partial charge in [0.1, 0.15) is 5.69 Å². The maximum Gasteiger partial charge on any atom is 0.183 e. The summed E-state index contributed by atoms with van der Waals surface area (Å²) in [5.41, 5.74) is 2.69. The molecule has 2 heteroatoms. The number of carbonyl (C=O) groups excluding carboxylic acids is 1. The third-order valence-corrected chi connectivity index (χ3v) is 2.65. The Hall–Kier alpha value is -1.96. The fourth-order valence-electron chi connectivity index (χ4n) is 1.64. The van der Waals surface area contributed by atoms with Crippen molar-refractivity contribution in [3.63, 3.8) is 0 Å². The first-order chi connectivity index (χ1) is 8.18. The minimum absolute atomic E-state index is 0.00919. The first-order valence-electron chi connectivity index (χ1n) is 5.74. The molecular weight excluding hydrogens is 210 g/mol. The van der Waals surface area contributed by atoms with E-state index < -0.39 is 0 Å². The molecule has 2 nitrogen and oxygen atoms in total. The van der Waals surface area contributed by atoms with Crippen molar-refractivity contribution in [2.45, 2.75) is 13.8 Å². The molecule has 0 spiro atoms. The van der Waals surface area contributed by atoms with Crippen LogP contribution in [0.15, 0.2) is 48.7 Å². The van der Waals surface area contributed by atoms with Gasteiger partial charge < -0.3 is 0 Å². The SMILES string of the molecule is CC(C)C(=O)c1ccc(-c2ccccc2)cn1. The van der Waals surface area contributed by atoms with Gasteiger partial charge in [-0.3, -0.25) is 9.78 Å². The maximum absolute atomic E-state index is 11.7. The highest BCUT2D eigenvalue weighted by molar-refractivity contribution is 5.95. The minimum atomic E-state index is -0.00919. The molecule has 0 aliphatic carbocycles. The van der Waals surface area contributed by atoms with E-state index in [4.69, 9.17) is 0 Å². The van der Waals surface area contributed by atoms with Crippen LogP contribution in [0, 0.1) is 5.92 Å². The topological polar surface area (TPSA) is 30.0 Å². The monoisotopic (exact) mass is 225 g/mol. The van der Waals surface area contributed by atoms with Crippen LogP contribution in [0.4, 0.5) is 0 Å². The van der Waals surface area contributed by atoms with Gasteiger partial charge in [-0.2, -0.15) is 0 Å². The number of hydrogen-bond acceptors (Lipinski definition) is 2. The van der Waals surface area contributed by atoms with Crippen molar-refractivity contribution in [2.24, 2.45) is 5.92 Å². The van der Waals surface area contributed by atoms with E-state index in [0.717, 1.165) is 11.1 Å². The van der Waals surface area contributed by atoms with E-state index in [1.807, 2.05) is 50.2 Å². The van der Waals surface area contributed by atoms with Gasteiger partial charge in [0.05, 0.1) is 0 Å². The molecule has 2 aromatic rings. The number of ketones is 1. The molecular formula is C15H15NO. The Morgan fingerprint density at radius 2 is 1.71 bits per heavy atom. The summed E-state index contributed by atoms with van der Waals surface area (Å²) in [5.74, 6) is 0.0784. The summed E-state index contributed by atoms with van der Waals surface area (Å²) < 4.78 is 0. The van der Waals surface area contributed by atoms with E-state index in [1.54, 1.807) is 12.3 Å². The lowest BCUT2D eigenvalue weighted by Gasteiger charge is -2.05. The third kappa shape index (κ3) is 2.59. The van der Waals surface area contributed by atoms with Crippen LogP contribution in [0.25, 0.3) is 11.1 Å². The van der Waals surface area contributed by atoms with Crippen LogP contribution in [-0.2, 0) is 0 Å². The van der Waals surface area contributed by atoms with Gasteiger partial charge >= 0.3 is 0 Å². The van der Waals surface area contributed by atoms with Crippen molar-refractivity contribution < 1.29 is 4.79 Å². The first-order valence-corrected chi connectivity index (χ1v) is 5.74. The Kier molecular flexibility index (Phi) is 3.33. The highest BCUT2D eigenvalue weighted by Crippen LogP contribution is 2.18. The smallest absolute Gasteiger partial charge is 0.183 e. The lowest BCUT2D eigenvalue weighted by atomic mass is 10.0. The molecule has 0 unspecified atom stereocenters. The Balaban J connectivity index is 2.28.